The van der Waals surface area contributed by atoms with Crippen LogP contribution in [0.15, 0.2) is 18.6 Å². The van der Waals surface area contributed by atoms with Crippen LogP contribution in [0, 0.1) is 6.92 Å². The van der Waals surface area contributed by atoms with Gasteiger partial charge < -0.3 is 5.32 Å². The second-order valence-corrected chi connectivity index (χ2v) is 5.03. The number of aryl methyl sites for hydroxylation is 1. The number of nitrogens with one attached hydrogen (secondary N) is 1. The van der Waals surface area contributed by atoms with Crippen molar-refractivity contribution in [2.75, 3.05) is 5.32 Å². The topological polar surface area (TPSA) is 55.6 Å². The van der Waals surface area contributed by atoms with Crippen LogP contribution in [0.2, 0.25) is 0 Å². The van der Waals surface area contributed by atoms with Gasteiger partial charge in [-0.2, -0.15) is 5.10 Å². The van der Waals surface area contributed by atoms with E-state index in [1.54, 1.807) is 0 Å². The summed E-state index contributed by atoms with van der Waals surface area (Å²) < 4.78 is 27.0. The lowest BCUT2D eigenvalue weighted by Gasteiger charge is -2.06. The molecule has 7 heteroatoms. The number of nitrogens with zero attached hydrogens (tertiary/aromatic N) is 4. The normalized spacial score (nSPS) is 21.2. The lowest BCUT2D eigenvalue weighted by molar-refractivity contribution is 0.146. The quantitative estimate of drug-likeness (QED) is 0.934. The molecule has 0 aromatic carbocycles. The number of aromatic nitrogens is 4. The zero-order valence-electron chi connectivity index (χ0n) is 11.2. The van der Waals surface area contributed by atoms with E-state index in [1.165, 1.54) is 11.6 Å². The van der Waals surface area contributed by atoms with Crippen LogP contribution in [-0.2, 0) is 7.05 Å². The first kappa shape index (κ1) is 13.0. The maximum Gasteiger partial charge on any atom is 0.280 e. The molecule has 3 rings (SSSR count). The molecule has 106 valence electrons. The summed E-state index contributed by atoms with van der Waals surface area (Å²) in [6.45, 7) is 2.03. The third kappa shape index (κ3) is 2.35. The molecule has 0 aliphatic heterocycles. The molecule has 2 aromatic heterocycles. The van der Waals surface area contributed by atoms with Gasteiger partial charge in [0.1, 0.15) is 17.8 Å². The van der Waals surface area contributed by atoms with Crippen LogP contribution in [0.3, 0.4) is 0 Å². The number of hydrogen-bond acceptors (Lipinski definition) is 4. The average Bonchev–Trinajstić information content (AvgIpc) is 3.09. The van der Waals surface area contributed by atoms with Crippen molar-refractivity contribution in [3.8, 4) is 0 Å². The van der Waals surface area contributed by atoms with Crippen LogP contribution >= 0.6 is 0 Å². The molecule has 0 amide bonds. The van der Waals surface area contributed by atoms with E-state index in [-0.39, 0.29) is 11.7 Å². The zero-order chi connectivity index (χ0) is 14.3. The highest BCUT2D eigenvalue weighted by molar-refractivity contribution is 5.42. The van der Waals surface area contributed by atoms with Crippen molar-refractivity contribution in [3.63, 3.8) is 0 Å². The fourth-order valence-corrected chi connectivity index (χ4v) is 2.34. The molecule has 2 heterocycles. The first-order chi connectivity index (χ1) is 9.56. The number of rotatable bonds is 4. The van der Waals surface area contributed by atoms with Crippen LogP contribution in [0.1, 0.15) is 35.7 Å². The summed E-state index contributed by atoms with van der Waals surface area (Å²) in [7, 11) is 1.91. The third-order valence-electron chi connectivity index (χ3n) is 3.71. The Hall–Kier alpha value is -2.05. The van der Waals surface area contributed by atoms with E-state index in [4.69, 9.17) is 0 Å². The van der Waals surface area contributed by atoms with Gasteiger partial charge in [0.15, 0.2) is 0 Å². The molecule has 1 saturated carbocycles. The SMILES string of the molecule is Cc1c([C@@H]2C[C@H]2Nc2cc(C(F)F)ncn2)cnn1C. The minimum atomic E-state index is -2.57. The lowest BCUT2D eigenvalue weighted by Crippen LogP contribution is -2.07. The van der Waals surface area contributed by atoms with E-state index < -0.39 is 6.43 Å². The van der Waals surface area contributed by atoms with Crippen molar-refractivity contribution < 1.29 is 8.78 Å². The van der Waals surface area contributed by atoms with Gasteiger partial charge in [-0.05, 0) is 18.9 Å². The smallest absolute Gasteiger partial charge is 0.280 e. The van der Waals surface area contributed by atoms with Gasteiger partial charge in [-0.25, -0.2) is 18.7 Å². The van der Waals surface area contributed by atoms with Gasteiger partial charge in [0.05, 0.1) is 6.20 Å². The Bertz CT molecular complexity index is 625. The van der Waals surface area contributed by atoms with Crippen molar-refractivity contribution in [2.24, 2.45) is 7.05 Å². The Kier molecular flexibility index (Phi) is 3.11. The minimum absolute atomic E-state index is 0.221. The summed E-state index contributed by atoms with van der Waals surface area (Å²) in [4.78, 5) is 7.53. The fraction of sp³-hybridized carbons (Fsp3) is 0.462. The number of hydrogen-bond donors (Lipinski definition) is 1. The molecule has 2 atom stereocenters. The van der Waals surface area contributed by atoms with Crippen LogP contribution in [0.25, 0.3) is 0 Å². The van der Waals surface area contributed by atoms with Crippen LogP contribution < -0.4 is 5.32 Å². The summed E-state index contributed by atoms with van der Waals surface area (Å²) in [5.74, 6) is 0.818. The Balaban J connectivity index is 1.69. The predicted octanol–water partition coefficient (Wildman–Crippen LogP) is 2.42. The van der Waals surface area contributed by atoms with Gasteiger partial charge >= 0.3 is 0 Å². The molecule has 0 radical (unpaired) electrons. The molecule has 20 heavy (non-hydrogen) atoms. The highest BCUT2D eigenvalue weighted by Gasteiger charge is 2.40. The Morgan fingerprint density at radius 2 is 2.20 bits per heavy atom. The van der Waals surface area contributed by atoms with Gasteiger partial charge in [-0.3, -0.25) is 4.68 Å². The molecule has 0 spiro atoms. The summed E-state index contributed by atoms with van der Waals surface area (Å²) in [6.07, 6.45) is 1.41. The fourth-order valence-electron chi connectivity index (χ4n) is 2.34. The van der Waals surface area contributed by atoms with Gasteiger partial charge in [0.25, 0.3) is 6.43 Å². The molecule has 0 bridgehead atoms. The van der Waals surface area contributed by atoms with Gasteiger partial charge in [0, 0.05) is 30.8 Å². The maximum atomic E-state index is 12.6. The van der Waals surface area contributed by atoms with Crippen molar-refractivity contribution >= 4 is 5.82 Å². The molecule has 1 fully saturated rings. The summed E-state index contributed by atoms with van der Waals surface area (Å²) in [6, 6.07) is 1.52. The molecule has 1 aliphatic rings. The number of alkyl halides is 2. The first-order valence-corrected chi connectivity index (χ1v) is 6.41. The van der Waals surface area contributed by atoms with Crippen molar-refractivity contribution in [2.45, 2.75) is 31.7 Å². The van der Waals surface area contributed by atoms with Crippen LogP contribution in [0.4, 0.5) is 14.6 Å². The molecule has 5 nitrogen and oxygen atoms in total. The van der Waals surface area contributed by atoms with E-state index in [1.807, 2.05) is 24.9 Å². The van der Waals surface area contributed by atoms with Gasteiger partial charge in [-0.15, -0.1) is 0 Å². The minimum Gasteiger partial charge on any atom is -0.367 e. The van der Waals surface area contributed by atoms with E-state index >= 15 is 0 Å². The Morgan fingerprint density at radius 1 is 1.40 bits per heavy atom. The molecule has 1 N–H and O–H groups in total. The lowest BCUT2D eigenvalue weighted by atomic mass is 10.1. The third-order valence-corrected chi connectivity index (χ3v) is 3.71. The van der Waals surface area contributed by atoms with Crippen molar-refractivity contribution in [1.82, 2.24) is 19.7 Å². The van der Waals surface area contributed by atoms with Gasteiger partial charge in [0.2, 0.25) is 0 Å². The number of anilines is 1. The van der Waals surface area contributed by atoms with Crippen LogP contribution in [-0.4, -0.2) is 25.8 Å². The van der Waals surface area contributed by atoms with Crippen LogP contribution in [0.5, 0.6) is 0 Å². The summed E-state index contributed by atoms with van der Waals surface area (Å²) in [5, 5.41) is 7.39. The van der Waals surface area contributed by atoms with Crippen molar-refractivity contribution in [1.29, 1.82) is 0 Å². The monoisotopic (exact) mass is 279 g/mol. The van der Waals surface area contributed by atoms with E-state index in [0.717, 1.165) is 18.4 Å². The first-order valence-electron chi connectivity index (χ1n) is 6.41. The van der Waals surface area contributed by atoms with Crippen molar-refractivity contribution in [3.05, 3.63) is 35.5 Å². The Labute approximate surface area is 115 Å². The molecular formula is C13H15F2N5. The predicted molar refractivity (Wildman–Crippen MR) is 69.7 cm³/mol. The summed E-state index contributed by atoms with van der Waals surface area (Å²) in [5.41, 5.74) is 2.08. The van der Waals surface area contributed by atoms with E-state index in [2.05, 4.69) is 20.4 Å². The highest BCUT2D eigenvalue weighted by atomic mass is 19.3. The molecule has 0 saturated heterocycles. The molecular weight excluding hydrogens is 264 g/mol. The second kappa shape index (κ2) is 4.81. The molecule has 2 aromatic rings. The standard InChI is InChI=1S/C13H15F2N5/c1-7-9(5-18-20(7)2)8-3-10(8)19-12-4-11(13(14)15)16-6-17-12/h4-6,8,10,13H,3H2,1-2H3,(H,16,17,19)/t8-,10+/m0/s1. The average molecular weight is 279 g/mol. The van der Waals surface area contributed by atoms with Gasteiger partial charge in [-0.1, -0.05) is 0 Å². The molecule has 1 aliphatic carbocycles. The second-order valence-electron chi connectivity index (χ2n) is 5.03. The number of halogens is 2. The van der Waals surface area contributed by atoms with E-state index in [0.29, 0.717) is 11.7 Å². The van der Waals surface area contributed by atoms with E-state index in [9.17, 15) is 8.78 Å². The maximum absolute atomic E-state index is 12.6. The zero-order valence-corrected chi connectivity index (χ0v) is 11.2. The Morgan fingerprint density at radius 3 is 2.85 bits per heavy atom. The summed E-state index contributed by atoms with van der Waals surface area (Å²) >= 11 is 0. The largest absolute Gasteiger partial charge is 0.367 e. The molecule has 0 unspecified atom stereocenters. The highest BCUT2D eigenvalue weighted by Crippen LogP contribution is 2.43.